The molecule has 1 aliphatic rings. The number of carbonyl (C=O) groups is 1. The topological polar surface area (TPSA) is 116 Å². The standard InChI is InChI=1S/C21H35N5O3/c1-5-14(2)28-21(27)24-13-18(26(4)23)20(22)17-11-12-19(15(3)25-17)29-16-9-7-6-8-10-16/h11-12,14,16H,5-10,13,22-23H2,1-4H3,(H,24,27)/b20-18-. The number of likely N-dealkylation sites (N-methyl/N-ethyl adjacent to an activating group) is 1. The Bertz CT molecular complexity index is 714. The number of amides is 1. The van der Waals surface area contributed by atoms with Crippen molar-refractivity contribution in [2.45, 2.75) is 71.5 Å². The number of rotatable bonds is 8. The minimum Gasteiger partial charge on any atom is -0.489 e. The quantitative estimate of drug-likeness (QED) is 0.449. The van der Waals surface area contributed by atoms with Crippen molar-refractivity contribution in [2.75, 3.05) is 13.6 Å². The average Bonchev–Trinajstić information content (AvgIpc) is 2.69. The second-order valence-electron chi connectivity index (χ2n) is 7.61. The molecule has 8 heteroatoms. The zero-order valence-corrected chi connectivity index (χ0v) is 18.0. The van der Waals surface area contributed by atoms with E-state index in [4.69, 9.17) is 21.1 Å². The largest absolute Gasteiger partial charge is 0.489 e. The fraction of sp³-hybridized carbons (Fsp3) is 0.619. The van der Waals surface area contributed by atoms with E-state index < -0.39 is 6.09 Å². The van der Waals surface area contributed by atoms with E-state index in [2.05, 4.69) is 10.3 Å². The van der Waals surface area contributed by atoms with Gasteiger partial charge in [0.2, 0.25) is 0 Å². The van der Waals surface area contributed by atoms with E-state index in [9.17, 15) is 4.79 Å². The smallest absolute Gasteiger partial charge is 0.407 e. The maximum absolute atomic E-state index is 11.9. The van der Waals surface area contributed by atoms with Crippen molar-refractivity contribution >= 4 is 11.8 Å². The molecule has 0 aliphatic heterocycles. The van der Waals surface area contributed by atoms with Gasteiger partial charge in [0.1, 0.15) is 11.9 Å². The van der Waals surface area contributed by atoms with Gasteiger partial charge in [0, 0.05) is 7.05 Å². The highest BCUT2D eigenvalue weighted by Crippen LogP contribution is 2.26. The van der Waals surface area contributed by atoms with E-state index in [0.717, 1.165) is 30.7 Å². The second-order valence-corrected chi connectivity index (χ2v) is 7.61. The molecule has 2 rings (SSSR count). The number of alkyl carbamates (subject to hydrolysis) is 1. The molecule has 1 aromatic heterocycles. The Morgan fingerprint density at radius 2 is 2.03 bits per heavy atom. The van der Waals surface area contributed by atoms with Gasteiger partial charge in [0.25, 0.3) is 0 Å². The van der Waals surface area contributed by atoms with E-state index in [1.54, 1.807) is 7.05 Å². The van der Waals surface area contributed by atoms with Crippen molar-refractivity contribution in [3.8, 4) is 5.75 Å². The van der Waals surface area contributed by atoms with Gasteiger partial charge >= 0.3 is 6.09 Å². The lowest BCUT2D eigenvalue weighted by Crippen LogP contribution is -2.37. The molecule has 1 unspecified atom stereocenters. The SMILES string of the molecule is CCC(C)OC(=O)NC/C(=C(/N)c1ccc(OC2CCCCC2)c(C)n1)N(C)N. The van der Waals surface area contributed by atoms with Crippen LogP contribution < -0.4 is 21.6 Å². The van der Waals surface area contributed by atoms with Gasteiger partial charge in [-0.3, -0.25) is 0 Å². The first-order valence-electron chi connectivity index (χ1n) is 10.4. The number of hydrogen-bond acceptors (Lipinski definition) is 7. The van der Waals surface area contributed by atoms with Gasteiger partial charge in [-0.25, -0.2) is 15.6 Å². The molecule has 5 N–H and O–H groups in total. The molecule has 0 radical (unpaired) electrons. The molecule has 1 fully saturated rings. The second kappa shape index (κ2) is 10.9. The summed E-state index contributed by atoms with van der Waals surface area (Å²) in [5, 5.41) is 4.06. The van der Waals surface area contributed by atoms with Crippen molar-refractivity contribution in [1.29, 1.82) is 0 Å². The van der Waals surface area contributed by atoms with Gasteiger partial charge in [-0.2, -0.15) is 0 Å². The molecule has 1 saturated carbocycles. The van der Waals surface area contributed by atoms with Crippen LogP contribution in [0.2, 0.25) is 0 Å². The lowest BCUT2D eigenvalue weighted by molar-refractivity contribution is 0.105. The number of hydrazine groups is 1. The summed E-state index contributed by atoms with van der Waals surface area (Å²) in [7, 11) is 1.66. The summed E-state index contributed by atoms with van der Waals surface area (Å²) in [6, 6.07) is 3.72. The molecule has 1 aliphatic carbocycles. The Morgan fingerprint density at radius 1 is 1.34 bits per heavy atom. The van der Waals surface area contributed by atoms with Crippen LogP contribution in [0.25, 0.3) is 5.70 Å². The zero-order valence-electron chi connectivity index (χ0n) is 18.0. The third kappa shape index (κ3) is 6.81. The fourth-order valence-electron chi connectivity index (χ4n) is 3.21. The molecule has 162 valence electrons. The predicted molar refractivity (Wildman–Crippen MR) is 114 cm³/mol. The first-order chi connectivity index (χ1) is 13.8. The summed E-state index contributed by atoms with van der Waals surface area (Å²) in [5.41, 5.74) is 8.62. The third-order valence-electron chi connectivity index (χ3n) is 5.18. The fourth-order valence-corrected chi connectivity index (χ4v) is 3.21. The van der Waals surface area contributed by atoms with Gasteiger partial charge in [-0.15, -0.1) is 0 Å². The van der Waals surface area contributed by atoms with E-state index in [-0.39, 0.29) is 18.8 Å². The average molecular weight is 406 g/mol. The first-order valence-corrected chi connectivity index (χ1v) is 10.4. The highest BCUT2D eigenvalue weighted by Gasteiger charge is 2.18. The lowest BCUT2D eigenvalue weighted by Gasteiger charge is -2.24. The van der Waals surface area contributed by atoms with Crippen LogP contribution in [0.3, 0.4) is 0 Å². The van der Waals surface area contributed by atoms with E-state index >= 15 is 0 Å². The molecular formula is C21H35N5O3. The number of nitrogens with zero attached hydrogens (tertiary/aromatic N) is 2. The number of pyridine rings is 1. The van der Waals surface area contributed by atoms with Crippen LogP contribution in [0, 0.1) is 6.92 Å². The highest BCUT2D eigenvalue weighted by atomic mass is 16.6. The van der Waals surface area contributed by atoms with Gasteiger partial charge < -0.3 is 25.5 Å². The number of ether oxygens (including phenoxy) is 2. The van der Waals surface area contributed by atoms with Crippen LogP contribution in [0.1, 0.15) is 63.8 Å². The number of aromatic nitrogens is 1. The number of nitrogens with two attached hydrogens (primary N) is 2. The highest BCUT2D eigenvalue weighted by molar-refractivity contribution is 5.69. The molecular weight excluding hydrogens is 370 g/mol. The Balaban J connectivity index is 2.10. The number of carbonyl (C=O) groups excluding carboxylic acids is 1. The maximum Gasteiger partial charge on any atom is 0.407 e. The van der Waals surface area contributed by atoms with Crippen LogP contribution in [-0.4, -0.2) is 41.9 Å². The summed E-state index contributed by atoms with van der Waals surface area (Å²) in [5.74, 6) is 6.71. The van der Waals surface area contributed by atoms with E-state index in [1.165, 1.54) is 24.3 Å². The van der Waals surface area contributed by atoms with Gasteiger partial charge in [-0.05, 0) is 58.1 Å². The van der Waals surface area contributed by atoms with E-state index in [0.29, 0.717) is 17.1 Å². The maximum atomic E-state index is 11.9. The van der Waals surface area contributed by atoms with Gasteiger partial charge in [0.05, 0.1) is 35.4 Å². The lowest BCUT2D eigenvalue weighted by atomic mass is 9.98. The molecule has 1 heterocycles. The molecule has 0 bridgehead atoms. The Kier molecular flexibility index (Phi) is 8.57. The summed E-state index contributed by atoms with van der Waals surface area (Å²) < 4.78 is 11.3. The van der Waals surface area contributed by atoms with Crippen molar-refractivity contribution in [2.24, 2.45) is 11.6 Å². The van der Waals surface area contributed by atoms with Gasteiger partial charge in [-0.1, -0.05) is 13.3 Å². The Hall–Kier alpha value is -2.48. The molecule has 1 atom stereocenters. The van der Waals surface area contributed by atoms with Crippen LogP contribution in [-0.2, 0) is 4.74 Å². The van der Waals surface area contributed by atoms with Crippen molar-refractivity contribution in [3.63, 3.8) is 0 Å². The third-order valence-corrected chi connectivity index (χ3v) is 5.18. The van der Waals surface area contributed by atoms with Crippen LogP contribution >= 0.6 is 0 Å². The van der Waals surface area contributed by atoms with Crippen LogP contribution in [0.4, 0.5) is 4.79 Å². The molecule has 1 amide bonds. The number of hydrogen-bond donors (Lipinski definition) is 3. The van der Waals surface area contributed by atoms with Crippen LogP contribution in [0.15, 0.2) is 17.8 Å². The molecule has 0 saturated heterocycles. The zero-order chi connectivity index (χ0) is 21.4. The summed E-state index contributed by atoms with van der Waals surface area (Å²) in [6.45, 7) is 5.83. The Labute approximate surface area is 173 Å². The molecule has 0 aromatic carbocycles. The monoisotopic (exact) mass is 405 g/mol. The first kappa shape index (κ1) is 22.8. The summed E-state index contributed by atoms with van der Waals surface area (Å²) in [4.78, 5) is 16.5. The molecule has 8 nitrogen and oxygen atoms in total. The van der Waals surface area contributed by atoms with Crippen LogP contribution in [0.5, 0.6) is 5.75 Å². The minimum absolute atomic E-state index is 0.134. The number of aryl methyl sites for hydroxylation is 1. The predicted octanol–water partition coefficient (Wildman–Crippen LogP) is 3.06. The van der Waals surface area contributed by atoms with Crippen molar-refractivity contribution in [1.82, 2.24) is 15.3 Å². The minimum atomic E-state index is -0.508. The van der Waals surface area contributed by atoms with Crippen molar-refractivity contribution in [3.05, 3.63) is 29.2 Å². The number of nitrogens with one attached hydrogen (secondary N) is 1. The Morgan fingerprint density at radius 3 is 2.62 bits per heavy atom. The normalized spacial score (nSPS) is 16.6. The molecule has 29 heavy (non-hydrogen) atoms. The molecule has 0 spiro atoms. The van der Waals surface area contributed by atoms with E-state index in [1.807, 2.05) is 32.9 Å². The summed E-state index contributed by atoms with van der Waals surface area (Å²) >= 11 is 0. The molecule has 1 aromatic rings. The summed E-state index contributed by atoms with van der Waals surface area (Å²) in [6.07, 6.45) is 6.22. The van der Waals surface area contributed by atoms with Gasteiger partial charge in [0.15, 0.2) is 0 Å². The van der Waals surface area contributed by atoms with Crippen molar-refractivity contribution < 1.29 is 14.3 Å².